The third-order valence-electron chi connectivity index (χ3n) is 3.81. The Morgan fingerprint density at radius 2 is 2.04 bits per heavy atom. The zero-order chi connectivity index (χ0) is 19.4. The summed E-state index contributed by atoms with van der Waals surface area (Å²) in [5, 5.41) is 3.32. The first kappa shape index (κ1) is 18.6. The number of aromatic nitrogens is 3. The molecule has 1 aromatic carbocycles. The summed E-state index contributed by atoms with van der Waals surface area (Å²) in [6, 6.07) is 6.36. The molecule has 27 heavy (non-hydrogen) atoms. The molecule has 0 aliphatic carbocycles. The van der Waals surface area contributed by atoms with Gasteiger partial charge in [0, 0.05) is 24.7 Å². The van der Waals surface area contributed by atoms with Crippen LogP contribution >= 0.6 is 0 Å². The van der Waals surface area contributed by atoms with Gasteiger partial charge in [0.25, 0.3) is 0 Å². The number of hydrogen-bond acceptors (Lipinski definition) is 5. The van der Waals surface area contributed by atoms with E-state index >= 15 is 0 Å². The van der Waals surface area contributed by atoms with Crippen LogP contribution in [0.5, 0.6) is 0 Å². The van der Waals surface area contributed by atoms with Crippen LogP contribution in [-0.2, 0) is 6.18 Å². The second-order valence-electron chi connectivity index (χ2n) is 5.61. The molecular formula is C18H16F3N5O. The molecule has 6 nitrogen and oxygen atoms in total. The smallest absolute Gasteiger partial charge is 0.366 e. The second kappa shape index (κ2) is 7.58. The maximum Gasteiger partial charge on any atom is 0.416 e. The van der Waals surface area contributed by atoms with Crippen LogP contribution in [0.15, 0.2) is 59.7 Å². The zero-order valence-corrected chi connectivity index (χ0v) is 14.1. The highest BCUT2D eigenvalue weighted by Crippen LogP contribution is 2.32. The molecular weight excluding hydrogens is 359 g/mol. The Labute approximate surface area is 152 Å². The summed E-state index contributed by atoms with van der Waals surface area (Å²) >= 11 is 0. The van der Waals surface area contributed by atoms with Crippen LogP contribution in [-0.4, -0.2) is 27.6 Å². The molecule has 9 heteroatoms. The highest BCUT2D eigenvalue weighted by atomic mass is 19.4. The summed E-state index contributed by atoms with van der Waals surface area (Å²) in [7, 11) is 0. The minimum atomic E-state index is -4.54. The average molecular weight is 375 g/mol. The summed E-state index contributed by atoms with van der Waals surface area (Å²) in [5.41, 5.74) is 4.22. The number of halogens is 3. The number of pyridine rings is 1. The first-order chi connectivity index (χ1) is 12.9. The predicted octanol–water partition coefficient (Wildman–Crippen LogP) is 2.73. The number of nitrogens with zero attached hydrogens (tertiary/aromatic N) is 3. The molecule has 0 atom stereocenters. The molecule has 0 bridgehead atoms. The Kier molecular flexibility index (Phi) is 5.22. The van der Waals surface area contributed by atoms with Gasteiger partial charge in [-0.3, -0.25) is 9.55 Å². The van der Waals surface area contributed by atoms with Gasteiger partial charge in [0.2, 0.25) is 0 Å². The monoisotopic (exact) mass is 375 g/mol. The fourth-order valence-electron chi connectivity index (χ4n) is 2.61. The summed E-state index contributed by atoms with van der Waals surface area (Å²) in [4.78, 5) is 20.5. The predicted molar refractivity (Wildman–Crippen MR) is 96.8 cm³/mol. The van der Waals surface area contributed by atoms with Crippen LogP contribution in [0, 0.1) is 0 Å². The molecule has 0 saturated heterocycles. The number of hydrogen-bond donors (Lipinski definition) is 2. The molecule has 0 aliphatic rings. The molecule has 0 fully saturated rings. The molecule has 0 saturated carbocycles. The highest BCUT2D eigenvalue weighted by Gasteiger charge is 2.31. The number of nitrogens with two attached hydrogens (primary N) is 1. The van der Waals surface area contributed by atoms with Gasteiger partial charge in [0.05, 0.1) is 23.0 Å². The molecule has 0 spiro atoms. The molecule has 140 valence electrons. The van der Waals surface area contributed by atoms with E-state index in [-0.39, 0.29) is 11.3 Å². The van der Waals surface area contributed by atoms with Crippen LogP contribution in [0.2, 0.25) is 0 Å². The lowest BCUT2D eigenvalue weighted by Crippen LogP contribution is -2.24. The Morgan fingerprint density at radius 1 is 1.22 bits per heavy atom. The number of fused-ring (bicyclic) bond motifs is 1. The lowest BCUT2D eigenvalue weighted by atomic mass is 10.1. The first-order valence-electron chi connectivity index (χ1n) is 8.05. The van der Waals surface area contributed by atoms with E-state index < -0.39 is 17.4 Å². The maximum absolute atomic E-state index is 13.2. The maximum atomic E-state index is 13.2. The lowest BCUT2D eigenvalue weighted by molar-refractivity contribution is -0.137. The van der Waals surface area contributed by atoms with Crippen molar-refractivity contribution in [2.24, 2.45) is 5.73 Å². The third kappa shape index (κ3) is 3.98. The fourth-order valence-corrected chi connectivity index (χ4v) is 2.61. The average Bonchev–Trinajstić information content (AvgIpc) is 2.64. The van der Waals surface area contributed by atoms with Crippen molar-refractivity contribution in [3.63, 3.8) is 0 Å². The summed E-state index contributed by atoms with van der Waals surface area (Å²) in [5.74, 6) is 0.200. The van der Waals surface area contributed by atoms with Crippen LogP contribution in [0.4, 0.5) is 19.0 Å². The lowest BCUT2D eigenvalue weighted by Gasteiger charge is -2.15. The third-order valence-corrected chi connectivity index (χ3v) is 3.81. The fraction of sp³-hybridized carbons (Fsp3) is 0.167. The van der Waals surface area contributed by atoms with E-state index in [9.17, 15) is 18.0 Å². The Morgan fingerprint density at radius 3 is 2.70 bits per heavy atom. The van der Waals surface area contributed by atoms with Crippen LogP contribution in [0.1, 0.15) is 5.56 Å². The van der Waals surface area contributed by atoms with Gasteiger partial charge in [-0.1, -0.05) is 12.2 Å². The second-order valence-corrected chi connectivity index (χ2v) is 5.61. The quantitative estimate of drug-likeness (QED) is 0.670. The Balaban J connectivity index is 2.23. The van der Waals surface area contributed by atoms with Crippen LogP contribution in [0.25, 0.3) is 16.6 Å². The highest BCUT2D eigenvalue weighted by molar-refractivity contribution is 5.90. The zero-order valence-electron chi connectivity index (χ0n) is 14.1. The van der Waals surface area contributed by atoms with Gasteiger partial charge in [-0.05, 0) is 30.3 Å². The van der Waals surface area contributed by atoms with Crippen molar-refractivity contribution in [2.75, 3.05) is 18.4 Å². The van der Waals surface area contributed by atoms with Gasteiger partial charge in [-0.15, -0.1) is 0 Å². The normalized spacial score (nSPS) is 12.0. The van der Waals surface area contributed by atoms with Crippen molar-refractivity contribution in [3.8, 4) is 5.69 Å². The summed E-state index contributed by atoms with van der Waals surface area (Å²) in [6.45, 7) is 0.685. The van der Waals surface area contributed by atoms with Gasteiger partial charge >= 0.3 is 11.9 Å². The molecule has 2 heterocycles. The van der Waals surface area contributed by atoms with E-state index in [2.05, 4.69) is 15.3 Å². The molecule has 3 rings (SSSR count). The molecule has 0 unspecified atom stereocenters. The van der Waals surface area contributed by atoms with Crippen LogP contribution in [0.3, 0.4) is 0 Å². The van der Waals surface area contributed by atoms with Gasteiger partial charge in [-0.25, -0.2) is 4.79 Å². The first-order valence-corrected chi connectivity index (χ1v) is 8.05. The minimum Gasteiger partial charge on any atom is -0.366 e. The summed E-state index contributed by atoms with van der Waals surface area (Å²) in [6.07, 6.45) is 1.81. The summed E-state index contributed by atoms with van der Waals surface area (Å²) < 4.78 is 40.7. The van der Waals surface area contributed by atoms with Crippen molar-refractivity contribution >= 4 is 16.7 Å². The number of alkyl halides is 3. The van der Waals surface area contributed by atoms with Crippen LogP contribution < -0.4 is 16.7 Å². The number of benzene rings is 1. The molecule has 3 N–H and O–H groups in total. The van der Waals surface area contributed by atoms with Gasteiger partial charge in [-0.2, -0.15) is 18.2 Å². The molecule has 2 aromatic heterocycles. The van der Waals surface area contributed by atoms with E-state index in [0.717, 1.165) is 16.7 Å². The Hall–Kier alpha value is -3.20. The van der Waals surface area contributed by atoms with Crippen molar-refractivity contribution in [3.05, 3.63) is 70.9 Å². The molecule has 0 aliphatic heterocycles. The van der Waals surface area contributed by atoms with Gasteiger partial charge < -0.3 is 11.1 Å². The van der Waals surface area contributed by atoms with Crippen molar-refractivity contribution in [1.82, 2.24) is 14.5 Å². The van der Waals surface area contributed by atoms with E-state index in [4.69, 9.17) is 5.73 Å². The largest absolute Gasteiger partial charge is 0.416 e. The van der Waals surface area contributed by atoms with E-state index in [1.165, 1.54) is 18.5 Å². The van der Waals surface area contributed by atoms with Crippen molar-refractivity contribution < 1.29 is 13.2 Å². The molecule has 3 aromatic rings. The SMILES string of the molecule is NC/C=C/CNc1nc(=O)n(-c2cccnc2)c2cc(C(F)(F)F)ccc12. The number of anilines is 1. The standard InChI is InChI=1S/C18H16F3N5O/c19-18(20,21)12-5-6-14-15(10-12)26(13-4-3-8-23-11-13)17(27)25-16(14)24-9-2-1-7-22/h1-6,8,10-11H,7,9,22H2,(H,24,25,27)/b2-1+. The molecule has 0 radical (unpaired) electrons. The molecule has 0 amide bonds. The van der Waals surface area contributed by atoms with E-state index in [1.807, 2.05) is 0 Å². The van der Waals surface area contributed by atoms with E-state index in [1.54, 1.807) is 24.3 Å². The van der Waals surface area contributed by atoms with Gasteiger partial charge in [0.15, 0.2) is 0 Å². The Bertz CT molecular complexity index is 1030. The van der Waals surface area contributed by atoms with E-state index in [0.29, 0.717) is 24.2 Å². The van der Waals surface area contributed by atoms with Crippen molar-refractivity contribution in [2.45, 2.75) is 6.18 Å². The topological polar surface area (TPSA) is 85.8 Å². The number of nitrogens with one attached hydrogen (secondary N) is 1. The van der Waals surface area contributed by atoms with Crippen molar-refractivity contribution in [1.29, 1.82) is 0 Å². The minimum absolute atomic E-state index is 0.0862. The number of rotatable bonds is 5. The van der Waals surface area contributed by atoms with Gasteiger partial charge in [0.1, 0.15) is 5.82 Å².